The Labute approximate surface area is 274 Å². The van der Waals surface area contributed by atoms with Gasteiger partial charge >= 0.3 is 15.6 Å². The summed E-state index contributed by atoms with van der Waals surface area (Å²) in [4.78, 5) is 0. The van der Waals surface area contributed by atoms with Crippen LogP contribution in [0.2, 0.25) is 0 Å². The number of benzene rings is 6. The third-order valence-corrected chi connectivity index (χ3v) is 9.73. The molecule has 7 rings (SSSR count). The fourth-order valence-electron chi connectivity index (χ4n) is 6.49. The van der Waals surface area contributed by atoms with E-state index in [9.17, 15) is 30.4 Å². The van der Waals surface area contributed by atoms with Gasteiger partial charge in [0.1, 0.15) is 17.4 Å². The quantitative estimate of drug-likeness (QED) is 0.101. The zero-order chi connectivity index (χ0) is 33.8. The molecule has 48 heavy (non-hydrogen) atoms. The lowest BCUT2D eigenvalue weighted by Gasteiger charge is -2.34. The van der Waals surface area contributed by atoms with Gasteiger partial charge in [0.25, 0.3) is 0 Å². The van der Waals surface area contributed by atoms with Crippen LogP contribution in [-0.4, -0.2) is 13.9 Å². The zero-order valence-electron chi connectivity index (χ0n) is 25.2. The second-order valence-corrected chi connectivity index (χ2v) is 13.2. The van der Waals surface area contributed by atoms with Crippen LogP contribution in [0, 0.1) is 18.6 Å². The van der Waals surface area contributed by atoms with Crippen LogP contribution in [0.3, 0.4) is 0 Å². The number of fused-ring (bicyclic) bond motifs is 3. The molecule has 0 atom stereocenters. The van der Waals surface area contributed by atoms with Gasteiger partial charge in [-0.05, 0) is 111 Å². The highest BCUT2D eigenvalue weighted by Gasteiger charge is 2.49. The molecular formula is C39H25F5O3S. The van der Waals surface area contributed by atoms with Crippen LogP contribution in [0.4, 0.5) is 22.0 Å². The lowest BCUT2D eigenvalue weighted by molar-refractivity contribution is -0.0500. The summed E-state index contributed by atoms with van der Waals surface area (Å²) < 4.78 is 95.2. The van der Waals surface area contributed by atoms with Crippen molar-refractivity contribution < 1.29 is 34.6 Å². The summed E-state index contributed by atoms with van der Waals surface area (Å²) in [7, 11) is -5.88. The summed E-state index contributed by atoms with van der Waals surface area (Å²) in [6.45, 7) is 1.96. The molecule has 0 fully saturated rings. The highest BCUT2D eigenvalue weighted by atomic mass is 32.2. The molecule has 0 bridgehead atoms. The van der Waals surface area contributed by atoms with Gasteiger partial charge in [-0.3, -0.25) is 0 Å². The average Bonchev–Trinajstić information content (AvgIpc) is 3.35. The molecule has 9 heteroatoms. The molecule has 0 spiro atoms. The van der Waals surface area contributed by atoms with Crippen molar-refractivity contribution >= 4 is 10.1 Å². The minimum absolute atomic E-state index is 0.371. The van der Waals surface area contributed by atoms with Crippen molar-refractivity contribution in [3.8, 4) is 39.1 Å². The van der Waals surface area contributed by atoms with Crippen molar-refractivity contribution in [2.75, 3.05) is 0 Å². The summed E-state index contributed by atoms with van der Waals surface area (Å²) >= 11 is 0. The molecule has 1 aliphatic carbocycles. The molecule has 6 aromatic rings. The van der Waals surface area contributed by atoms with E-state index in [0.29, 0.717) is 5.56 Å². The molecule has 0 saturated carbocycles. The number of rotatable bonds is 6. The number of hydrogen-bond acceptors (Lipinski definition) is 3. The first-order chi connectivity index (χ1) is 22.9. The van der Waals surface area contributed by atoms with E-state index in [2.05, 4.69) is 4.18 Å². The molecule has 0 unspecified atom stereocenters. The Kier molecular flexibility index (Phi) is 7.47. The molecule has 0 radical (unpaired) electrons. The smallest absolute Gasteiger partial charge is 0.376 e. The molecule has 0 aromatic heterocycles. The van der Waals surface area contributed by atoms with Crippen LogP contribution in [-0.2, 0) is 15.5 Å². The van der Waals surface area contributed by atoms with Crippen LogP contribution < -0.4 is 4.18 Å². The molecule has 1 aliphatic rings. The van der Waals surface area contributed by atoms with E-state index in [4.69, 9.17) is 0 Å². The molecule has 0 amide bonds. The molecule has 6 aromatic carbocycles. The van der Waals surface area contributed by atoms with Gasteiger partial charge in [-0.25, -0.2) is 8.78 Å². The van der Waals surface area contributed by atoms with Gasteiger partial charge in [0, 0.05) is 0 Å². The topological polar surface area (TPSA) is 43.4 Å². The Morgan fingerprint density at radius 1 is 0.542 bits per heavy atom. The minimum atomic E-state index is -5.88. The number of alkyl halides is 3. The normalized spacial score (nSPS) is 13.5. The Hall–Kier alpha value is -5.28. The van der Waals surface area contributed by atoms with Gasteiger partial charge in [0.15, 0.2) is 0 Å². The van der Waals surface area contributed by atoms with Gasteiger partial charge in [0.2, 0.25) is 0 Å². The number of hydrogen-bond donors (Lipinski definition) is 0. The van der Waals surface area contributed by atoms with Gasteiger partial charge in [-0.15, -0.1) is 0 Å². The van der Waals surface area contributed by atoms with Crippen molar-refractivity contribution in [1.29, 1.82) is 0 Å². The van der Waals surface area contributed by atoms with Gasteiger partial charge in [-0.1, -0.05) is 90.5 Å². The molecule has 0 saturated heterocycles. The third-order valence-electron chi connectivity index (χ3n) is 8.75. The number of aryl methyl sites for hydroxylation is 1. The van der Waals surface area contributed by atoms with E-state index < -0.39 is 26.8 Å². The first-order valence-corrected chi connectivity index (χ1v) is 16.3. The van der Waals surface area contributed by atoms with E-state index in [1.165, 1.54) is 36.4 Å². The summed E-state index contributed by atoms with van der Waals surface area (Å²) in [6.07, 6.45) is 0. The van der Waals surface area contributed by atoms with Crippen molar-refractivity contribution in [2.24, 2.45) is 0 Å². The molecular weight excluding hydrogens is 643 g/mol. The Balaban J connectivity index is 1.51. The van der Waals surface area contributed by atoms with Gasteiger partial charge in [-0.2, -0.15) is 21.6 Å². The molecule has 0 aliphatic heterocycles. The number of halogens is 5. The Bertz CT molecular complexity index is 2170. The first kappa shape index (κ1) is 31.3. The molecule has 3 nitrogen and oxygen atoms in total. The zero-order valence-corrected chi connectivity index (χ0v) is 26.0. The molecule has 240 valence electrons. The standard InChI is InChI=1S/C39H25F5O3S/c1-24-2-10-29(11-3-24)38(30-12-18-33(19-13-30)47-48(45,46)39(42,43)44)36-22-27(25-4-14-31(40)15-5-25)8-20-34(36)35-21-9-28(23-37(35)38)26-6-16-32(41)17-7-26/h2-23H,1H3. The fourth-order valence-corrected chi connectivity index (χ4v) is 6.95. The Morgan fingerprint density at radius 3 is 1.35 bits per heavy atom. The highest BCUT2D eigenvalue weighted by Crippen LogP contribution is 2.57. The minimum Gasteiger partial charge on any atom is -0.376 e. The predicted octanol–water partition coefficient (Wildman–Crippen LogP) is 10.2. The average molecular weight is 669 g/mol. The highest BCUT2D eigenvalue weighted by molar-refractivity contribution is 7.88. The maximum atomic E-state index is 13.9. The monoisotopic (exact) mass is 668 g/mol. The lowest BCUT2D eigenvalue weighted by Crippen LogP contribution is -2.29. The largest absolute Gasteiger partial charge is 0.534 e. The summed E-state index contributed by atoms with van der Waals surface area (Å²) in [5, 5.41) is 0. The van der Waals surface area contributed by atoms with E-state index in [0.717, 1.165) is 55.6 Å². The van der Waals surface area contributed by atoms with Crippen LogP contribution in [0.5, 0.6) is 5.75 Å². The van der Waals surface area contributed by atoms with E-state index in [1.807, 2.05) is 67.6 Å². The predicted molar refractivity (Wildman–Crippen MR) is 175 cm³/mol. The van der Waals surface area contributed by atoms with Crippen LogP contribution in [0.25, 0.3) is 33.4 Å². The first-order valence-electron chi connectivity index (χ1n) is 14.9. The van der Waals surface area contributed by atoms with Crippen LogP contribution in [0.1, 0.15) is 27.8 Å². The second-order valence-electron chi connectivity index (χ2n) is 11.7. The van der Waals surface area contributed by atoms with E-state index >= 15 is 0 Å². The lowest BCUT2D eigenvalue weighted by atomic mass is 9.67. The van der Waals surface area contributed by atoms with Crippen molar-refractivity contribution in [2.45, 2.75) is 17.8 Å². The third kappa shape index (κ3) is 5.24. The van der Waals surface area contributed by atoms with E-state index in [-0.39, 0.29) is 11.6 Å². The fraction of sp³-hybridized carbons (Fsp3) is 0.0769. The maximum Gasteiger partial charge on any atom is 0.534 e. The maximum absolute atomic E-state index is 13.9. The van der Waals surface area contributed by atoms with Crippen LogP contribution in [0.15, 0.2) is 133 Å². The summed E-state index contributed by atoms with van der Waals surface area (Å²) in [5.74, 6) is -1.23. The van der Waals surface area contributed by atoms with Crippen LogP contribution >= 0.6 is 0 Å². The van der Waals surface area contributed by atoms with Crippen molar-refractivity contribution in [1.82, 2.24) is 0 Å². The second kappa shape index (κ2) is 11.5. The van der Waals surface area contributed by atoms with Crippen molar-refractivity contribution in [3.63, 3.8) is 0 Å². The molecule has 0 heterocycles. The van der Waals surface area contributed by atoms with Gasteiger partial charge in [0.05, 0.1) is 5.41 Å². The SMILES string of the molecule is Cc1ccc(C2(c3ccc(OS(=O)(=O)C(F)(F)F)cc3)c3cc(-c4ccc(F)cc4)ccc3-c3ccc(-c4ccc(F)cc4)cc32)cc1. The summed E-state index contributed by atoms with van der Waals surface area (Å²) in [5.41, 5.74) is 2.55. The molecule has 0 N–H and O–H groups in total. The van der Waals surface area contributed by atoms with Crippen molar-refractivity contribution in [3.05, 3.63) is 173 Å². The van der Waals surface area contributed by atoms with Gasteiger partial charge < -0.3 is 4.18 Å². The Morgan fingerprint density at radius 2 is 0.938 bits per heavy atom. The van der Waals surface area contributed by atoms with E-state index in [1.54, 1.807) is 36.4 Å². The summed E-state index contributed by atoms with van der Waals surface area (Å²) in [6, 6.07) is 37.7.